The average Bonchev–Trinajstić information content (AvgIpc) is 2.53. The van der Waals surface area contributed by atoms with E-state index in [0.29, 0.717) is 19.7 Å². The van der Waals surface area contributed by atoms with Gasteiger partial charge in [0.05, 0.1) is 12.6 Å². The molecule has 6 nitrogen and oxygen atoms in total. The Hall–Kier alpha value is -1.14. The van der Waals surface area contributed by atoms with E-state index in [9.17, 15) is 9.59 Å². The smallest absolute Gasteiger partial charge is 0.236 e. The van der Waals surface area contributed by atoms with Crippen molar-refractivity contribution >= 4 is 11.8 Å². The summed E-state index contributed by atoms with van der Waals surface area (Å²) in [5, 5.41) is 3.00. The van der Waals surface area contributed by atoms with Crippen LogP contribution in [-0.2, 0) is 14.3 Å². The third-order valence-corrected chi connectivity index (χ3v) is 4.56. The minimum Gasteiger partial charge on any atom is -0.379 e. The number of ether oxygens (including phenoxy) is 1. The van der Waals surface area contributed by atoms with Crippen molar-refractivity contribution in [2.45, 2.75) is 59.1 Å². The molecule has 24 heavy (non-hydrogen) atoms. The molecule has 0 aromatic rings. The first-order valence-electron chi connectivity index (χ1n) is 9.18. The maximum atomic E-state index is 12.2. The molecule has 0 bridgehead atoms. The first-order valence-corrected chi connectivity index (χ1v) is 9.18. The van der Waals surface area contributed by atoms with Crippen molar-refractivity contribution in [3.05, 3.63) is 0 Å². The SMILES string of the molecule is CC(C)OCCCNC(=O)C1CCN(CC(=O)N(C)C(C)C)CC1. The lowest BCUT2D eigenvalue weighted by Crippen LogP contribution is -2.46. The van der Waals surface area contributed by atoms with Gasteiger partial charge in [0, 0.05) is 32.2 Å². The van der Waals surface area contributed by atoms with Crippen LogP contribution in [0.1, 0.15) is 47.0 Å². The van der Waals surface area contributed by atoms with Gasteiger partial charge in [-0.1, -0.05) is 0 Å². The normalized spacial score (nSPS) is 16.6. The van der Waals surface area contributed by atoms with E-state index in [4.69, 9.17) is 4.74 Å². The summed E-state index contributed by atoms with van der Waals surface area (Å²) in [5.74, 6) is 0.369. The summed E-state index contributed by atoms with van der Waals surface area (Å²) in [5.41, 5.74) is 0. The first-order chi connectivity index (χ1) is 11.3. The molecule has 2 amide bonds. The Morgan fingerprint density at radius 3 is 2.38 bits per heavy atom. The highest BCUT2D eigenvalue weighted by molar-refractivity contribution is 5.79. The predicted octanol–water partition coefficient (Wildman–Crippen LogP) is 1.50. The Bertz CT molecular complexity index is 391. The number of carbonyl (C=O) groups excluding carboxylic acids is 2. The number of hydrogen-bond donors (Lipinski definition) is 1. The minimum atomic E-state index is 0.0743. The van der Waals surface area contributed by atoms with E-state index >= 15 is 0 Å². The molecule has 1 fully saturated rings. The zero-order valence-electron chi connectivity index (χ0n) is 16.0. The predicted molar refractivity (Wildman–Crippen MR) is 95.8 cm³/mol. The fourth-order valence-corrected chi connectivity index (χ4v) is 2.69. The molecule has 0 unspecified atom stereocenters. The van der Waals surface area contributed by atoms with Crippen molar-refractivity contribution in [2.24, 2.45) is 5.92 Å². The van der Waals surface area contributed by atoms with E-state index in [2.05, 4.69) is 10.2 Å². The molecule has 1 rings (SSSR count). The second-order valence-electron chi connectivity index (χ2n) is 7.21. The van der Waals surface area contributed by atoms with Gasteiger partial charge < -0.3 is 15.0 Å². The molecule has 1 aliphatic heterocycles. The summed E-state index contributed by atoms with van der Waals surface area (Å²) in [4.78, 5) is 28.2. The van der Waals surface area contributed by atoms with Crippen molar-refractivity contribution in [2.75, 3.05) is 39.8 Å². The molecule has 1 saturated heterocycles. The van der Waals surface area contributed by atoms with E-state index in [0.717, 1.165) is 32.4 Å². The largest absolute Gasteiger partial charge is 0.379 e. The van der Waals surface area contributed by atoms with Gasteiger partial charge in [-0.25, -0.2) is 0 Å². The number of nitrogens with zero attached hydrogens (tertiary/aromatic N) is 2. The summed E-state index contributed by atoms with van der Waals surface area (Å²) in [6.07, 6.45) is 2.74. The molecule has 0 radical (unpaired) electrons. The van der Waals surface area contributed by atoms with Gasteiger partial charge in [-0.2, -0.15) is 0 Å². The van der Waals surface area contributed by atoms with E-state index in [1.807, 2.05) is 34.7 Å². The number of nitrogens with one attached hydrogen (secondary N) is 1. The fraction of sp³-hybridized carbons (Fsp3) is 0.889. The Labute approximate surface area is 146 Å². The van der Waals surface area contributed by atoms with Crippen LogP contribution in [0.15, 0.2) is 0 Å². The maximum absolute atomic E-state index is 12.2. The molecule has 1 heterocycles. The van der Waals surface area contributed by atoms with E-state index in [1.54, 1.807) is 4.90 Å². The number of rotatable bonds is 9. The third-order valence-electron chi connectivity index (χ3n) is 4.56. The van der Waals surface area contributed by atoms with Crippen LogP contribution in [-0.4, -0.2) is 73.6 Å². The molecular weight excluding hydrogens is 306 g/mol. The van der Waals surface area contributed by atoms with Gasteiger partial charge in [-0.05, 0) is 60.0 Å². The van der Waals surface area contributed by atoms with Gasteiger partial charge in [0.1, 0.15) is 0 Å². The van der Waals surface area contributed by atoms with Gasteiger partial charge in [-0.15, -0.1) is 0 Å². The average molecular weight is 341 g/mol. The number of carbonyl (C=O) groups is 2. The van der Waals surface area contributed by atoms with Crippen molar-refractivity contribution in [1.82, 2.24) is 15.1 Å². The van der Waals surface area contributed by atoms with E-state index < -0.39 is 0 Å². The number of likely N-dealkylation sites (tertiary alicyclic amines) is 1. The lowest BCUT2D eigenvalue weighted by atomic mass is 9.96. The van der Waals surface area contributed by atoms with Crippen LogP contribution >= 0.6 is 0 Å². The summed E-state index contributed by atoms with van der Waals surface area (Å²) in [7, 11) is 1.84. The quantitative estimate of drug-likeness (QED) is 0.646. The molecule has 0 spiro atoms. The van der Waals surface area contributed by atoms with Crippen LogP contribution in [0.4, 0.5) is 0 Å². The summed E-state index contributed by atoms with van der Waals surface area (Å²) < 4.78 is 5.46. The topological polar surface area (TPSA) is 61.9 Å². The van der Waals surface area contributed by atoms with Crippen molar-refractivity contribution < 1.29 is 14.3 Å². The first kappa shape index (κ1) is 20.9. The molecular formula is C18H35N3O3. The van der Waals surface area contributed by atoms with Crippen LogP contribution in [0.2, 0.25) is 0 Å². The van der Waals surface area contributed by atoms with Gasteiger partial charge in [-0.3, -0.25) is 14.5 Å². The molecule has 0 atom stereocenters. The van der Waals surface area contributed by atoms with Crippen LogP contribution in [0.25, 0.3) is 0 Å². The van der Waals surface area contributed by atoms with Crippen molar-refractivity contribution in [1.29, 1.82) is 0 Å². The third kappa shape index (κ3) is 7.62. The lowest BCUT2D eigenvalue weighted by molar-refractivity contribution is -0.133. The summed E-state index contributed by atoms with van der Waals surface area (Å²) in [6, 6.07) is 0.223. The molecule has 6 heteroatoms. The highest BCUT2D eigenvalue weighted by Crippen LogP contribution is 2.17. The Morgan fingerprint density at radius 2 is 1.83 bits per heavy atom. The second kappa shape index (κ2) is 10.7. The lowest BCUT2D eigenvalue weighted by Gasteiger charge is -2.32. The molecule has 1 aliphatic rings. The molecule has 0 aromatic heterocycles. The maximum Gasteiger partial charge on any atom is 0.236 e. The summed E-state index contributed by atoms with van der Waals surface area (Å²) in [6.45, 7) is 11.5. The molecule has 0 saturated carbocycles. The van der Waals surface area contributed by atoms with Gasteiger partial charge in [0.15, 0.2) is 0 Å². The van der Waals surface area contributed by atoms with Crippen LogP contribution in [0.5, 0.6) is 0 Å². The number of piperidine rings is 1. The van der Waals surface area contributed by atoms with E-state index in [1.165, 1.54) is 0 Å². The van der Waals surface area contributed by atoms with Crippen LogP contribution in [0.3, 0.4) is 0 Å². The number of amides is 2. The molecule has 0 aliphatic carbocycles. The van der Waals surface area contributed by atoms with Gasteiger partial charge in [0.2, 0.25) is 11.8 Å². The standard InChI is InChI=1S/C18H35N3O3/c1-14(2)20(5)17(22)13-21-10-7-16(8-11-21)18(23)19-9-6-12-24-15(3)4/h14-16H,6-13H2,1-5H3,(H,19,23). The van der Waals surface area contributed by atoms with E-state index in [-0.39, 0.29) is 29.9 Å². The zero-order chi connectivity index (χ0) is 18.1. The highest BCUT2D eigenvalue weighted by Gasteiger charge is 2.26. The molecule has 1 N–H and O–H groups in total. The zero-order valence-corrected chi connectivity index (χ0v) is 16.0. The Balaban J connectivity index is 2.20. The van der Waals surface area contributed by atoms with Crippen LogP contribution in [0, 0.1) is 5.92 Å². The monoisotopic (exact) mass is 341 g/mol. The van der Waals surface area contributed by atoms with Gasteiger partial charge in [0.25, 0.3) is 0 Å². The molecule has 0 aromatic carbocycles. The van der Waals surface area contributed by atoms with Gasteiger partial charge >= 0.3 is 0 Å². The fourth-order valence-electron chi connectivity index (χ4n) is 2.69. The Kier molecular flexibility index (Phi) is 9.29. The number of likely N-dealkylation sites (N-methyl/N-ethyl adjacent to an activating group) is 1. The highest BCUT2D eigenvalue weighted by atomic mass is 16.5. The second-order valence-corrected chi connectivity index (χ2v) is 7.21. The van der Waals surface area contributed by atoms with Crippen molar-refractivity contribution in [3.63, 3.8) is 0 Å². The Morgan fingerprint density at radius 1 is 1.21 bits per heavy atom. The molecule has 140 valence electrons. The van der Waals surface area contributed by atoms with Crippen molar-refractivity contribution in [3.8, 4) is 0 Å². The minimum absolute atomic E-state index is 0.0743. The van der Waals surface area contributed by atoms with Crippen LogP contribution < -0.4 is 5.32 Å². The number of hydrogen-bond acceptors (Lipinski definition) is 4. The summed E-state index contributed by atoms with van der Waals surface area (Å²) >= 11 is 0.